The smallest absolute Gasteiger partial charge is 0.260 e. The molecule has 6 heteroatoms. The Hall–Kier alpha value is -1.14. The minimum Gasteiger partial charge on any atom is -0.480 e. The highest BCUT2D eigenvalue weighted by molar-refractivity contribution is 9.10. The van der Waals surface area contributed by atoms with Gasteiger partial charge in [0.25, 0.3) is 5.91 Å². The minimum atomic E-state index is -0.621. The maximum atomic E-state index is 13.1. The molecule has 0 saturated carbocycles. The first kappa shape index (κ1) is 20.2. The molecular weight excluding hydrogens is 387 g/mol. The van der Waals surface area contributed by atoms with Crippen LogP contribution in [0.3, 0.4) is 0 Å². The summed E-state index contributed by atoms with van der Waals surface area (Å²) in [5.41, 5.74) is 0. The maximum Gasteiger partial charge on any atom is 0.260 e. The van der Waals surface area contributed by atoms with Gasteiger partial charge in [-0.3, -0.25) is 4.79 Å². The second kappa shape index (κ2) is 10.1. The fourth-order valence-electron chi connectivity index (χ4n) is 3.10. The second-order valence-electron chi connectivity index (χ2n) is 6.71. The monoisotopic (exact) mass is 414 g/mol. The summed E-state index contributed by atoms with van der Waals surface area (Å²) in [6.07, 6.45) is 5.37. The summed E-state index contributed by atoms with van der Waals surface area (Å²) in [5, 5.41) is 2.91. The number of nitrogens with one attached hydrogen (secondary N) is 1. The topological polar surface area (TPSA) is 41.6 Å². The van der Waals surface area contributed by atoms with Crippen LogP contribution in [0, 0.1) is 5.82 Å². The zero-order valence-electron chi connectivity index (χ0n) is 15.1. The van der Waals surface area contributed by atoms with Crippen molar-refractivity contribution in [2.24, 2.45) is 0 Å². The van der Waals surface area contributed by atoms with Crippen molar-refractivity contribution in [3.8, 4) is 5.75 Å². The van der Waals surface area contributed by atoms with E-state index in [1.165, 1.54) is 44.0 Å². The summed E-state index contributed by atoms with van der Waals surface area (Å²) < 4.78 is 19.2. The van der Waals surface area contributed by atoms with Gasteiger partial charge in [0, 0.05) is 12.6 Å². The summed E-state index contributed by atoms with van der Waals surface area (Å²) >= 11 is 3.24. The van der Waals surface area contributed by atoms with Crippen molar-refractivity contribution >= 4 is 21.8 Å². The Morgan fingerprint density at radius 2 is 2.24 bits per heavy atom. The molecule has 0 spiro atoms. The second-order valence-corrected chi connectivity index (χ2v) is 7.57. The summed E-state index contributed by atoms with van der Waals surface area (Å²) in [5.74, 6) is -0.0370. The van der Waals surface area contributed by atoms with Crippen molar-refractivity contribution in [2.75, 3.05) is 19.6 Å². The van der Waals surface area contributed by atoms with Crippen LogP contribution in [0.15, 0.2) is 22.7 Å². The molecule has 140 valence electrons. The van der Waals surface area contributed by atoms with Gasteiger partial charge in [0.1, 0.15) is 11.6 Å². The number of amides is 1. The number of carbonyl (C=O) groups is 1. The minimum absolute atomic E-state index is 0.150. The molecule has 1 aromatic carbocycles. The van der Waals surface area contributed by atoms with Gasteiger partial charge < -0.3 is 15.0 Å². The van der Waals surface area contributed by atoms with Crippen LogP contribution in [-0.4, -0.2) is 42.6 Å². The van der Waals surface area contributed by atoms with Crippen LogP contribution < -0.4 is 10.1 Å². The lowest BCUT2D eigenvalue weighted by atomic mass is 10.0. The molecular formula is C19H28BrFN2O2. The molecule has 0 radical (unpaired) electrons. The predicted molar refractivity (Wildman–Crippen MR) is 101 cm³/mol. The first-order valence-corrected chi connectivity index (χ1v) is 9.90. The van der Waals surface area contributed by atoms with Crippen molar-refractivity contribution in [3.63, 3.8) is 0 Å². The zero-order chi connectivity index (χ0) is 18.2. The number of hydrogen-bond acceptors (Lipinski definition) is 3. The molecule has 0 bridgehead atoms. The fraction of sp³-hybridized carbons (Fsp3) is 0.632. The Bertz CT molecular complexity index is 570. The molecule has 2 rings (SSSR count). The highest BCUT2D eigenvalue weighted by Gasteiger charge is 2.18. The molecule has 4 nitrogen and oxygen atoms in total. The number of halogens is 2. The average Bonchev–Trinajstić information content (AvgIpc) is 2.58. The van der Waals surface area contributed by atoms with Crippen molar-refractivity contribution in [1.29, 1.82) is 0 Å². The lowest BCUT2D eigenvalue weighted by Crippen LogP contribution is -2.39. The molecule has 0 unspecified atom stereocenters. The van der Waals surface area contributed by atoms with Crippen molar-refractivity contribution < 1.29 is 13.9 Å². The number of benzene rings is 1. The molecule has 1 amide bonds. The normalized spacial score (nSPS) is 19.4. The molecule has 2 atom stereocenters. The Balaban J connectivity index is 1.64. The van der Waals surface area contributed by atoms with Crippen molar-refractivity contribution in [1.82, 2.24) is 10.2 Å². The van der Waals surface area contributed by atoms with Gasteiger partial charge in [0.2, 0.25) is 0 Å². The number of rotatable bonds is 8. The number of unbranched alkanes of at least 4 members (excludes halogenated alkanes) is 1. The summed E-state index contributed by atoms with van der Waals surface area (Å²) in [6.45, 7) is 6.95. The van der Waals surface area contributed by atoms with E-state index in [4.69, 9.17) is 4.74 Å². The van der Waals surface area contributed by atoms with Crippen LogP contribution in [0.2, 0.25) is 0 Å². The van der Waals surface area contributed by atoms with E-state index >= 15 is 0 Å². The Morgan fingerprint density at radius 1 is 1.44 bits per heavy atom. The van der Waals surface area contributed by atoms with E-state index in [2.05, 4.69) is 33.1 Å². The Labute approximate surface area is 158 Å². The Morgan fingerprint density at radius 3 is 2.96 bits per heavy atom. The van der Waals surface area contributed by atoms with E-state index < -0.39 is 6.10 Å². The highest BCUT2D eigenvalue weighted by Crippen LogP contribution is 2.26. The van der Waals surface area contributed by atoms with E-state index in [-0.39, 0.29) is 11.7 Å². The zero-order valence-corrected chi connectivity index (χ0v) is 16.6. The molecule has 0 aliphatic carbocycles. The molecule has 1 aliphatic heterocycles. The van der Waals surface area contributed by atoms with Gasteiger partial charge in [-0.05, 0) is 86.7 Å². The SMILES string of the molecule is C[C@@H]1CCCCN1CCCCNC(=O)[C@@H](C)Oc1ccc(F)cc1Br. The van der Waals surface area contributed by atoms with Gasteiger partial charge in [-0.1, -0.05) is 6.42 Å². The standard InChI is InChI=1S/C19H28BrFN2O2/c1-14-7-3-5-11-23(14)12-6-4-10-22-19(24)15(2)25-18-9-8-16(21)13-17(18)20/h8-9,13-15H,3-7,10-12H2,1-2H3,(H,22,24)/t14-,15-/m1/s1. The van der Waals surface area contributed by atoms with E-state index in [1.54, 1.807) is 6.92 Å². The number of nitrogens with zero attached hydrogens (tertiary/aromatic N) is 1. The lowest BCUT2D eigenvalue weighted by molar-refractivity contribution is -0.127. The first-order chi connectivity index (χ1) is 12.0. The summed E-state index contributed by atoms with van der Waals surface area (Å²) in [7, 11) is 0. The average molecular weight is 415 g/mol. The van der Waals surface area contributed by atoms with Crippen LogP contribution in [0.25, 0.3) is 0 Å². The largest absolute Gasteiger partial charge is 0.480 e. The van der Waals surface area contributed by atoms with E-state index in [1.807, 2.05) is 0 Å². The molecule has 1 aromatic rings. The highest BCUT2D eigenvalue weighted by atomic mass is 79.9. The van der Waals surface area contributed by atoms with Gasteiger partial charge in [0.15, 0.2) is 6.10 Å². The maximum absolute atomic E-state index is 13.1. The third-order valence-corrected chi connectivity index (χ3v) is 5.30. The van der Waals surface area contributed by atoms with Gasteiger partial charge in [-0.2, -0.15) is 0 Å². The predicted octanol–water partition coefficient (Wildman–Crippen LogP) is 4.13. The molecule has 1 aliphatic rings. The molecule has 0 aromatic heterocycles. The van der Waals surface area contributed by atoms with Crippen LogP contribution in [-0.2, 0) is 4.79 Å². The number of carbonyl (C=O) groups excluding carboxylic acids is 1. The third-order valence-electron chi connectivity index (χ3n) is 4.68. The van der Waals surface area contributed by atoms with Crippen LogP contribution in [0.4, 0.5) is 4.39 Å². The van der Waals surface area contributed by atoms with Crippen LogP contribution in [0.1, 0.15) is 46.0 Å². The first-order valence-electron chi connectivity index (χ1n) is 9.11. The van der Waals surface area contributed by atoms with Gasteiger partial charge in [-0.25, -0.2) is 4.39 Å². The number of hydrogen-bond donors (Lipinski definition) is 1. The van der Waals surface area contributed by atoms with E-state index in [0.717, 1.165) is 19.4 Å². The third kappa shape index (κ3) is 6.59. The van der Waals surface area contributed by atoms with Gasteiger partial charge in [0.05, 0.1) is 4.47 Å². The molecule has 1 saturated heterocycles. The molecule has 25 heavy (non-hydrogen) atoms. The van der Waals surface area contributed by atoms with Crippen molar-refractivity contribution in [2.45, 2.75) is 58.1 Å². The van der Waals surface area contributed by atoms with Gasteiger partial charge in [-0.15, -0.1) is 0 Å². The number of ether oxygens (including phenoxy) is 1. The van der Waals surface area contributed by atoms with E-state index in [0.29, 0.717) is 22.8 Å². The molecule has 1 fully saturated rings. The fourth-order valence-corrected chi connectivity index (χ4v) is 3.54. The van der Waals surface area contributed by atoms with E-state index in [9.17, 15) is 9.18 Å². The number of piperidine rings is 1. The van der Waals surface area contributed by atoms with Crippen LogP contribution in [0.5, 0.6) is 5.75 Å². The molecule has 1 N–H and O–H groups in total. The summed E-state index contributed by atoms with van der Waals surface area (Å²) in [6, 6.07) is 4.84. The van der Waals surface area contributed by atoms with Crippen LogP contribution >= 0.6 is 15.9 Å². The lowest BCUT2D eigenvalue weighted by Gasteiger charge is -2.33. The summed E-state index contributed by atoms with van der Waals surface area (Å²) in [4.78, 5) is 14.7. The van der Waals surface area contributed by atoms with Gasteiger partial charge >= 0.3 is 0 Å². The Kier molecular flexibility index (Phi) is 8.16. The van der Waals surface area contributed by atoms with Crippen molar-refractivity contribution in [3.05, 3.63) is 28.5 Å². The molecule has 1 heterocycles. The quantitative estimate of drug-likeness (QED) is 0.650. The number of likely N-dealkylation sites (tertiary alicyclic amines) is 1.